The van der Waals surface area contributed by atoms with E-state index in [-0.39, 0.29) is 11.3 Å². The van der Waals surface area contributed by atoms with Crippen molar-refractivity contribution in [3.63, 3.8) is 0 Å². The van der Waals surface area contributed by atoms with Crippen molar-refractivity contribution in [1.82, 2.24) is 0 Å². The summed E-state index contributed by atoms with van der Waals surface area (Å²) in [5.74, 6) is -0.352. The van der Waals surface area contributed by atoms with Crippen molar-refractivity contribution in [3.05, 3.63) is 98.1 Å². The summed E-state index contributed by atoms with van der Waals surface area (Å²) in [4.78, 5) is 26.1. The van der Waals surface area contributed by atoms with E-state index < -0.39 is 0 Å². The molecule has 0 bridgehead atoms. The molecule has 1 N–H and O–H groups in total. The van der Waals surface area contributed by atoms with E-state index in [9.17, 15) is 9.59 Å². The fourth-order valence-electron chi connectivity index (χ4n) is 2.92. The number of halogens is 2. The van der Waals surface area contributed by atoms with Crippen molar-refractivity contribution in [1.29, 1.82) is 0 Å². The molecule has 0 aliphatic rings. The Morgan fingerprint density at radius 3 is 2.36 bits per heavy atom. The van der Waals surface area contributed by atoms with Crippen LogP contribution in [-0.4, -0.2) is 5.91 Å². The van der Waals surface area contributed by atoms with E-state index in [0.29, 0.717) is 26.5 Å². The highest BCUT2D eigenvalue weighted by Gasteiger charge is 2.18. The number of carbonyl (C=O) groups is 1. The smallest absolute Gasteiger partial charge is 0.257 e. The van der Waals surface area contributed by atoms with E-state index in [1.54, 1.807) is 30.3 Å². The highest BCUT2D eigenvalue weighted by molar-refractivity contribution is 9.10. The molecule has 0 saturated heterocycles. The Hall–Kier alpha value is -2.47. The minimum absolute atomic E-state index is 0.119. The van der Waals surface area contributed by atoms with E-state index >= 15 is 0 Å². The first-order valence-electron chi connectivity index (χ1n) is 8.42. The first kappa shape index (κ1) is 18.9. The van der Waals surface area contributed by atoms with Gasteiger partial charge in [-0.15, -0.1) is 11.3 Å². The molecule has 0 spiro atoms. The lowest BCUT2D eigenvalue weighted by Gasteiger charge is -2.12. The molecule has 6 heteroatoms. The fraction of sp³-hybridized carbons (Fsp3) is 0. The third-order valence-corrected chi connectivity index (χ3v) is 6.22. The van der Waals surface area contributed by atoms with Crippen molar-refractivity contribution in [2.75, 3.05) is 5.32 Å². The zero-order valence-corrected chi connectivity index (χ0v) is 17.6. The lowest BCUT2D eigenvalue weighted by molar-refractivity contribution is 0.102. The summed E-state index contributed by atoms with van der Waals surface area (Å²) in [7, 11) is 0. The minimum atomic E-state index is -0.352. The van der Waals surface area contributed by atoms with Gasteiger partial charge in [-0.3, -0.25) is 9.59 Å². The fourth-order valence-corrected chi connectivity index (χ4v) is 4.50. The lowest BCUT2D eigenvalue weighted by atomic mass is 10.1. The van der Waals surface area contributed by atoms with Crippen LogP contribution in [0.4, 0.5) is 5.00 Å². The van der Waals surface area contributed by atoms with Gasteiger partial charge in [-0.1, -0.05) is 63.9 Å². The van der Waals surface area contributed by atoms with Crippen molar-refractivity contribution >= 4 is 59.9 Å². The van der Waals surface area contributed by atoms with Gasteiger partial charge in [-0.05, 0) is 42.0 Å². The van der Waals surface area contributed by atoms with Crippen LogP contribution in [0.2, 0.25) is 5.02 Å². The Kier molecular flexibility index (Phi) is 5.31. The molecule has 0 fully saturated rings. The molecule has 0 atom stereocenters. The molecule has 3 aromatic carbocycles. The van der Waals surface area contributed by atoms with Gasteiger partial charge in [-0.25, -0.2) is 0 Å². The second kappa shape index (κ2) is 7.87. The number of hydrogen-bond donors (Lipinski definition) is 1. The molecule has 1 amide bonds. The van der Waals surface area contributed by atoms with E-state index in [1.807, 2.05) is 42.5 Å². The monoisotopic (exact) mass is 469 g/mol. The minimum Gasteiger partial charge on any atom is -0.313 e. The van der Waals surface area contributed by atoms with E-state index in [2.05, 4.69) is 21.2 Å². The zero-order chi connectivity index (χ0) is 19.7. The molecule has 0 aliphatic carbocycles. The zero-order valence-electron chi connectivity index (χ0n) is 14.4. The average Bonchev–Trinajstić information content (AvgIpc) is 2.70. The van der Waals surface area contributed by atoms with Crippen LogP contribution in [0.3, 0.4) is 0 Å². The number of amides is 1. The predicted molar refractivity (Wildman–Crippen MR) is 121 cm³/mol. The second-order valence-electron chi connectivity index (χ2n) is 6.07. The number of anilines is 1. The quantitative estimate of drug-likeness (QED) is 0.367. The van der Waals surface area contributed by atoms with Gasteiger partial charge in [-0.2, -0.15) is 0 Å². The largest absolute Gasteiger partial charge is 0.313 e. The number of benzene rings is 3. The van der Waals surface area contributed by atoms with Crippen LogP contribution in [0, 0.1) is 0 Å². The van der Waals surface area contributed by atoms with Crippen molar-refractivity contribution in [3.8, 4) is 11.1 Å². The molecule has 0 aliphatic heterocycles. The molecule has 0 radical (unpaired) electrons. The Morgan fingerprint density at radius 1 is 0.929 bits per heavy atom. The summed E-state index contributed by atoms with van der Waals surface area (Å²) < 4.78 is 1.72. The van der Waals surface area contributed by atoms with Gasteiger partial charge in [0.15, 0.2) is 5.43 Å². The van der Waals surface area contributed by atoms with E-state index in [4.69, 9.17) is 11.6 Å². The van der Waals surface area contributed by atoms with Crippen LogP contribution in [0.5, 0.6) is 0 Å². The van der Waals surface area contributed by atoms with Crippen molar-refractivity contribution < 1.29 is 4.79 Å². The van der Waals surface area contributed by atoms with Crippen molar-refractivity contribution in [2.24, 2.45) is 0 Å². The number of hydrogen-bond acceptors (Lipinski definition) is 3. The van der Waals surface area contributed by atoms with Crippen LogP contribution in [-0.2, 0) is 0 Å². The number of carbonyl (C=O) groups excluding carboxylic acids is 1. The highest BCUT2D eigenvalue weighted by Crippen LogP contribution is 2.34. The van der Waals surface area contributed by atoms with Gasteiger partial charge in [0.1, 0.15) is 5.00 Å². The number of rotatable bonds is 3. The lowest BCUT2D eigenvalue weighted by Crippen LogP contribution is -2.16. The summed E-state index contributed by atoms with van der Waals surface area (Å²) in [5, 5.41) is 4.38. The highest BCUT2D eigenvalue weighted by atomic mass is 79.9. The van der Waals surface area contributed by atoms with Gasteiger partial charge in [0.2, 0.25) is 0 Å². The maximum Gasteiger partial charge on any atom is 0.257 e. The van der Waals surface area contributed by atoms with Gasteiger partial charge >= 0.3 is 0 Å². The summed E-state index contributed by atoms with van der Waals surface area (Å²) in [6.45, 7) is 0. The van der Waals surface area contributed by atoms with E-state index in [0.717, 1.165) is 14.7 Å². The molecule has 3 nitrogen and oxygen atoms in total. The first-order chi connectivity index (χ1) is 13.5. The Balaban J connectivity index is 1.90. The Labute approximate surface area is 178 Å². The van der Waals surface area contributed by atoms with Gasteiger partial charge in [0, 0.05) is 14.6 Å². The maximum atomic E-state index is 13.2. The van der Waals surface area contributed by atoms with Crippen LogP contribution in [0.15, 0.2) is 82.1 Å². The maximum absolute atomic E-state index is 13.2. The van der Waals surface area contributed by atoms with Crippen molar-refractivity contribution in [2.45, 2.75) is 0 Å². The third-order valence-electron chi connectivity index (χ3n) is 4.28. The molecule has 4 rings (SSSR count). The molecule has 28 heavy (non-hydrogen) atoms. The van der Waals surface area contributed by atoms with Gasteiger partial charge < -0.3 is 5.32 Å². The van der Waals surface area contributed by atoms with Gasteiger partial charge in [0.25, 0.3) is 5.91 Å². The standard InChI is InChI=1S/C22H13BrClNO2S/c23-14-11-9-13(10-12-14)19-20(26)16-6-2-4-8-18(16)28-22(19)25-21(27)15-5-1-3-7-17(15)24/h1-12H,(H,25,27). The SMILES string of the molecule is O=C(Nc1sc2ccccc2c(=O)c1-c1ccc(Br)cc1)c1ccccc1Cl. The second-order valence-corrected chi connectivity index (χ2v) is 8.45. The van der Waals surface area contributed by atoms with Crippen LogP contribution < -0.4 is 10.7 Å². The van der Waals surface area contributed by atoms with Crippen LogP contribution >= 0.6 is 38.9 Å². The predicted octanol–water partition coefficient (Wildman–Crippen LogP) is 6.60. The summed E-state index contributed by atoms with van der Waals surface area (Å²) >= 11 is 10.9. The summed E-state index contributed by atoms with van der Waals surface area (Å²) in [5.41, 5.74) is 1.45. The number of nitrogens with one attached hydrogen (secondary N) is 1. The molecule has 138 valence electrons. The van der Waals surface area contributed by atoms with E-state index in [1.165, 1.54) is 11.3 Å². The normalized spacial score (nSPS) is 10.8. The molecule has 1 heterocycles. The van der Waals surface area contributed by atoms with Crippen LogP contribution in [0.25, 0.3) is 21.2 Å². The first-order valence-corrected chi connectivity index (χ1v) is 10.4. The summed E-state index contributed by atoms with van der Waals surface area (Å²) in [6.07, 6.45) is 0. The Bertz CT molecular complexity index is 1250. The number of fused-ring (bicyclic) bond motifs is 1. The molecular formula is C22H13BrClNO2S. The molecule has 0 saturated carbocycles. The average molecular weight is 471 g/mol. The molecular weight excluding hydrogens is 458 g/mol. The van der Waals surface area contributed by atoms with Gasteiger partial charge in [0.05, 0.1) is 16.1 Å². The molecule has 4 aromatic rings. The topological polar surface area (TPSA) is 46.2 Å². The van der Waals surface area contributed by atoms with Crippen LogP contribution in [0.1, 0.15) is 10.4 Å². The summed E-state index contributed by atoms with van der Waals surface area (Å²) in [6, 6.07) is 21.7. The molecule has 1 aromatic heterocycles. The molecule has 0 unspecified atom stereocenters. The third kappa shape index (κ3) is 3.61. The Morgan fingerprint density at radius 2 is 1.61 bits per heavy atom.